The second kappa shape index (κ2) is 12.7. The van der Waals surface area contributed by atoms with E-state index < -0.39 is 0 Å². The topological polar surface area (TPSA) is 97.8 Å². The van der Waals surface area contributed by atoms with Gasteiger partial charge in [0, 0.05) is 53.0 Å². The molecule has 0 saturated carbocycles. The number of anilines is 3. The van der Waals surface area contributed by atoms with Crippen LogP contribution < -0.4 is 24.8 Å². The van der Waals surface area contributed by atoms with Gasteiger partial charge in [0.25, 0.3) is 0 Å². The highest BCUT2D eigenvalue weighted by molar-refractivity contribution is 6.35. The fourth-order valence-corrected chi connectivity index (χ4v) is 4.47. The van der Waals surface area contributed by atoms with E-state index in [0.717, 1.165) is 28.4 Å². The molecule has 2 N–H and O–H groups in total. The van der Waals surface area contributed by atoms with Crippen LogP contribution in [-0.2, 0) is 4.79 Å². The van der Waals surface area contributed by atoms with Crippen molar-refractivity contribution < 1.29 is 19.0 Å². The highest BCUT2D eigenvalue weighted by Gasteiger charge is 2.18. The van der Waals surface area contributed by atoms with Crippen molar-refractivity contribution in [3.8, 4) is 28.5 Å². The second-order valence-corrected chi connectivity index (χ2v) is 9.64. The first kappa shape index (κ1) is 28.7. The Morgan fingerprint density at radius 3 is 2.45 bits per heavy atom. The number of hydrogen-bond acceptors (Lipinski definition) is 8. The third-order valence-corrected chi connectivity index (χ3v) is 6.62. The SMILES string of the molecule is C=CC(=O)Nc1cc(OCCN(C)C)ccc1Nc1cc2cnc(-c3c(C)c(OC)cc(OC)c3Cl)cc2cn1. The number of rotatable bonds is 11. The Labute approximate surface area is 238 Å². The standard InChI is InChI=1S/C30H32ClN5O4/c1-7-28(37)35-23-14-21(40-11-10-36(3)4)8-9-22(23)34-27-13-20-16-32-24(12-19(20)17-33-27)29-18(2)25(38-5)15-26(39-6)30(29)31/h7-9,12-17H,1,10-11H2,2-6H3,(H,33,34)(H,35,37). The molecule has 1 amide bonds. The van der Waals surface area contributed by atoms with Crippen LogP contribution in [0.1, 0.15) is 5.56 Å². The van der Waals surface area contributed by atoms with Crippen LogP contribution in [0, 0.1) is 6.92 Å². The molecule has 4 rings (SSSR count). The number of likely N-dealkylation sites (N-methyl/N-ethyl adjacent to an activating group) is 1. The largest absolute Gasteiger partial charge is 0.496 e. The number of halogens is 1. The van der Waals surface area contributed by atoms with Gasteiger partial charge in [-0.15, -0.1) is 0 Å². The van der Waals surface area contributed by atoms with Crippen LogP contribution in [0.15, 0.2) is 61.4 Å². The van der Waals surface area contributed by atoms with Crippen molar-refractivity contribution in [2.24, 2.45) is 0 Å². The molecule has 0 spiro atoms. The summed E-state index contributed by atoms with van der Waals surface area (Å²) in [7, 11) is 7.12. The fourth-order valence-electron chi connectivity index (χ4n) is 4.10. The zero-order valence-electron chi connectivity index (χ0n) is 23.2. The molecule has 0 fully saturated rings. The lowest BCUT2D eigenvalue weighted by atomic mass is 10.0. The molecule has 2 aromatic heterocycles. The molecular formula is C30H32ClN5O4. The maximum absolute atomic E-state index is 12.1. The van der Waals surface area contributed by atoms with E-state index in [0.29, 0.717) is 51.8 Å². The first-order valence-corrected chi connectivity index (χ1v) is 12.9. The van der Waals surface area contributed by atoms with Gasteiger partial charge in [0.15, 0.2) is 0 Å². The van der Waals surface area contributed by atoms with Crippen molar-refractivity contribution in [1.82, 2.24) is 14.9 Å². The lowest BCUT2D eigenvalue weighted by molar-refractivity contribution is -0.111. The normalized spacial score (nSPS) is 10.9. The number of amides is 1. The molecule has 208 valence electrons. The van der Waals surface area contributed by atoms with Crippen molar-refractivity contribution in [2.75, 3.05) is 52.1 Å². The van der Waals surface area contributed by atoms with E-state index in [-0.39, 0.29) is 5.91 Å². The predicted octanol–water partition coefficient (Wildman–Crippen LogP) is 6.08. The zero-order chi connectivity index (χ0) is 28.8. The van der Waals surface area contributed by atoms with Gasteiger partial charge in [0.05, 0.1) is 36.3 Å². The van der Waals surface area contributed by atoms with Gasteiger partial charge in [-0.05, 0) is 51.4 Å². The van der Waals surface area contributed by atoms with Crippen molar-refractivity contribution >= 4 is 45.5 Å². The van der Waals surface area contributed by atoms with Gasteiger partial charge in [-0.25, -0.2) is 4.98 Å². The molecular weight excluding hydrogens is 530 g/mol. The molecule has 0 aliphatic heterocycles. The average Bonchev–Trinajstić information content (AvgIpc) is 2.94. The number of aromatic nitrogens is 2. The minimum atomic E-state index is -0.334. The number of nitrogens with one attached hydrogen (secondary N) is 2. The lowest BCUT2D eigenvalue weighted by Crippen LogP contribution is -2.19. The Morgan fingerprint density at radius 1 is 1.02 bits per heavy atom. The smallest absolute Gasteiger partial charge is 0.247 e. The molecule has 0 aliphatic carbocycles. The summed E-state index contributed by atoms with van der Waals surface area (Å²) in [5.41, 5.74) is 3.46. The number of carbonyl (C=O) groups is 1. The Balaban J connectivity index is 1.64. The molecule has 0 aliphatic rings. The third-order valence-electron chi connectivity index (χ3n) is 6.25. The summed E-state index contributed by atoms with van der Waals surface area (Å²) < 4.78 is 16.8. The van der Waals surface area contributed by atoms with Crippen molar-refractivity contribution in [2.45, 2.75) is 6.92 Å². The van der Waals surface area contributed by atoms with Crippen LogP contribution in [0.25, 0.3) is 22.0 Å². The highest BCUT2D eigenvalue weighted by Crippen LogP contribution is 2.42. The quantitative estimate of drug-likeness (QED) is 0.212. The van der Waals surface area contributed by atoms with Crippen LogP contribution in [0.3, 0.4) is 0 Å². The molecule has 4 aromatic rings. The Bertz CT molecular complexity index is 1530. The first-order chi connectivity index (χ1) is 19.2. The number of nitrogens with zero attached hydrogens (tertiary/aromatic N) is 3. The first-order valence-electron chi connectivity index (χ1n) is 12.5. The summed E-state index contributed by atoms with van der Waals surface area (Å²) in [5.74, 6) is 2.05. The molecule has 0 saturated heterocycles. The Morgan fingerprint density at radius 2 is 1.75 bits per heavy atom. The molecule has 9 nitrogen and oxygen atoms in total. The molecule has 2 heterocycles. The molecule has 10 heteroatoms. The van der Waals surface area contributed by atoms with Crippen LogP contribution in [0.2, 0.25) is 5.02 Å². The summed E-state index contributed by atoms with van der Waals surface area (Å²) >= 11 is 6.67. The van der Waals surface area contributed by atoms with Gasteiger partial charge in [0.2, 0.25) is 5.91 Å². The summed E-state index contributed by atoms with van der Waals surface area (Å²) in [6, 6.07) is 11.0. The summed E-state index contributed by atoms with van der Waals surface area (Å²) in [5, 5.41) is 8.31. The average molecular weight is 562 g/mol. The minimum absolute atomic E-state index is 0.334. The van der Waals surface area contributed by atoms with Crippen LogP contribution in [0.5, 0.6) is 17.2 Å². The number of methoxy groups -OCH3 is 2. The summed E-state index contributed by atoms with van der Waals surface area (Å²) in [6.07, 6.45) is 4.73. The monoisotopic (exact) mass is 561 g/mol. The zero-order valence-corrected chi connectivity index (χ0v) is 23.9. The molecule has 0 unspecified atom stereocenters. The van der Waals surface area contributed by atoms with Crippen molar-refractivity contribution in [3.63, 3.8) is 0 Å². The van der Waals surface area contributed by atoms with E-state index in [4.69, 9.17) is 25.8 Å². The molecule has 40 heavy (non-hydrogen) atoms. The van der Waals surface area contributed by atoms with Gasteiger partial charge >= 0.3 is 0 Å². The number of benzene rings is 2. The summed E-state index contributed by atoms with van der Waals surface area (Å²) in [4.78, 5) is 23.4. The van der Waals surface area contributed by atoms with E-state index in [1.807, 2.05) is 50.2 Å². The van der Waals surface area contributed by atoms with Gasteiger partial charge in [-0.1, -0.05) is 18.2 Å². The summed E-state index contributed by atoms with van der Waals surface area (Å²) in [6.45, 7) is 6.76. The number of ether oxygens (including phenoxy) is 3. The maximum Gasteiger partial charge on any atom is 0.247 e. The fraction of sp³-hybridized carbons (Fsp3) is 0.233. The molecule has 0 radical (unpaired) electrons. The third kappa shape index (κ3) is 6.44. The Hall–Kier alpha value is -4.34. The van der Waals surface area contributed by atoms with Gasteiger partial charge in [-0.3, -0.25) is 9.78 Å². The van der Waals surface area contributed by atoms with E-state index in [2.05, 4.69) is 27.2 Å². The van der Waals surface area contributed by atoms with E-state index in [1.165, 1.54) is 6.08 Å². The van der Waals surface area contributed by atoms with Gasteiger partial charge in [-0.2, -0.15) is 0 Å². The van der Waals surface area contributed by atoms with Crippen LogP contribution in [-0.4, -0.2) is 62.2 Å². The molecule has 0 atom stereocenters. The van der Waals surface area contributed by atoms with Crippen LogP contribution in [0.4, 0.5) is 17.2 Å². The van der Waals surface area contributed by atoms with Gasteiger partial charge in [0.1, 0.15) is 29.7 Å². The number of carbonyl (C=O) groups excluding carboxylic acids is 1. The lowest BCUT2D eigenvalue weighted by Gasteiger charge is -2.16. The van der Waals surface area contributed by atoms with Crippen molar-refractivity contribution in [1.29, 1.82) is 0 Å². The highest BCUT2D eigenvalue weighted by atomic mass is 35.5. The maximum atomic E-state index is 12.1. The molecule has 2 aromatic carbocycles. The van der Waals surface area contributed by atoms with E-state index >= 15 is 0 Å². The molecule has 0 bridgehead atoms. The number of fused-ring (bicyclic) bond motifs is 1. The van der Waals surface area contributed by atoms with Crippen molar-refractivity contribution in [3.05, 3.63) is 72.0 Å². The Kier molecular flexibility index (Phi) is 9.08. The van der Waals surface area contributed by atoms with E-state index in [9.17, 15) is 4.79 Å². The number of pyridine rings is 2. The number of hydrogen-bond donors (Lipinski definition) is 2. The second-order valence-electron chi connectivity index (χ2n) is 9.26. The predicted molar refractivity (Wildman–Crippen MR) is 160 cm³/mol. The minimum Gasteiger partial charge on any atom is -0.496 e. The van der Waals surface area contributed by atoms with Gasteiger partial charge < -0.3 is 29.7 Å². The van der Waals surface area contributed by atoms with E-state index in [1.54, 1.807) is 38.7 Å². The van der Waals surface area contributed by atoms with Crippen LogP contribution >= 0.6 is 11.6 Å².